The van der Waals surface area contributed by atoms with Gasteiger partial charge in [0.15, 0.2) is 13.4 Å². The fourth-order valence-corrected chi connectivity index (χ4v) is 7.50. The van der Waals surface area contributed by atoms with Crippen LogP contribution in [0.15, 0.2) is 36.5 Å². The lowest BCUT2D eigenvalue weighted by Gasteiger charge is -2.63. The number of nitrogens with zero attached hydrogens (tertiary/aromatic N) is 2. The average molecular weight is 432 g/mol. The fraction of sp³-hybridized carbons (Fsp3) is 0.476. The zero-order valence-corrected chi connectivity index (χ0v) is 19.4. The van der Waals surface area contributed by atoms with Gasteiger partial charge >= 0.3 is 5.97 Å². The van der Waals surface area contributed by atoms with Crippen molar-refractivity contribution in [1.29, 1.82) is 0 Å². The fourth-order valence-electron chi connectivity index (χ4n) is 4.06. The second-order valence-corrected chi connectivity index (χ2v) is 15.5. The molecule has 1 aliphatic heterocycles. The molecule has 1 amide bonds. The van der Waals surface area contributed by atoms with Crippen LogP contribution in [0.2, 0.25) is 18.1 Å². The van der Waals surface area contributed by atoms with Crippen molar-refractivity contribution in [2.75, 3.05) is 5.73 Å². The maximum absolute atomic E-state index is 13.4. The van der Waals surface area contributed by atoms with E-state index in [9.17, 15) is 14.7 Å². The van der Waals surface area contributed by atoms with Gasteiger partial charge in [0.1, 0.15) is 5.54 Å². The van der Waals surface area contributed by atoms with Crippen LogP contribution in [0, 0.1) is 5.92 Å². The Hall–Kier alpha value is -2.19. The summed E-state index contributed by atoms with van der Waals surface area (Å²) in [5, 5.41) is 10.8. The summed E-state index contributed by atoms with van der Waals surface area (Å²) < 4.78 is 1.75. The van der Waals surface area contributed by atoms with Crippen LogP contribution in [0.3, 0.4) is 0 Å². The van der Waals surface area contributed by atoms with Gasteiger partial charge in [0.25, 0.3) is 0 Å². The zero-order valence-electron chi connectivity index (χ0n) is 17.6. The first-order valence-corrected chi connectivity index (χ1v) is 13.5. The van der Waals surface area contributed by atoms with E-state index in [1.165, 1.54) is 11.3 Å². The molecule has 1 fully saturated rings. The molecule has 0 bridgehead atoms. The number of hydrogen-bond donors (Lipinski definition) is 2. The van der Waals surface area contributed by atoms with E-state index in [1.54, 1.807) is 10.8 Å². The van der Waals surface area contributed by atoms with E-state index in [2.05, 4.69) is 38.8 Å². The van der Waals surface area contributed by atoms with Gasteiger partial charge in [0, 0.05) is 17.5 Å². The standard InChI is InChI=1S/C21H29N3O3SSi/c1-20(2,3)29(4,5)24-17(25)16(11-15-13-23-19(22)28-15)21(24,18(26)27)12-14-9-7-6-8-10-14/h6-10,13,16H,11-12H2,1-5H3,(H2,22,23)(H,26,27)/t16-,21-/m0/s1. The van der Waals surface area contributed by atoms with Crippen LogP contribution in [0.4, 0.5) is 5.13 Å². The largest absolute Gasteiger partial charge is 0.479 e. The van der Waals surface area contributed by atoms with Gasteiger partial charge in [0.2, 0.25) is 5.91 Å². The van der Waals surface area contributed by atoms with Gasteiger partial charge in [-0.25, -0.2) is 9.78 Å². The number of benzene rings is 1. The summed E-state index contributed by atoms with van der Waals surface area (Å²) in [5.41, 5.74) is 5.41. The number of carbonyl (C=O) groups excluding carboxylic acids is 1. The van der Waals surface area contributed by atoms with Gasteiger partial charge in [-0.15, -0.1) is 11.3 Å². The third-order valence-corrected chi connectivity index (χ3v) is 12.8. The maximum atomic E-state index is 13.4. The lowest BCUT2D eigenvalue weighted by Crippen LogP contribution is -2.83. The van der Waals surface area contributed by atoms with E-state index < -0.39 is 25.7 Å². The highest BCUT2D eigenvalue weighted by atomic mass is 32.1. The summed E-state index contributed by atoms with van der Waals surface area (Å²) in [5.74, 6) is -1.63. The monoisotopic (exact) mass is 431 g/mol. The third kappa shape index (κ3) is 3.48. The van der Waals surface area contributed by atoms with Crippen molar-refractivity contribution < 1.29 is 14.7 Å². The molecule has 3 rings (SSSR count). The molecular formula is C21H29N3O3SSi. The highest BCUT2D eigenvalue weighted by Crippen LogP contribution is 2.52. The number of β-lactam (4-membered cyclic amide) rings is 1. The molecule has 1 aromatic carbocycles. The Morgan fingerprint density at radius 3 is 2.41 bits per heavy atom. The minimum atomic E-state index is -2.42. The first-order chi connectivity index (χ1) is 13.4. The maximum Gasteiger partial charge on any atom is 0.330 e. The number of carboxylic acids is 1. The van der Waals surface area contributed by atoms with Crippen molar-refractivity contribution in [3.8, 4) is 0 Å². The van der Waals surface area contributed by atoms with Crippen LogP contribution >= 0.6 is 11.3 Å². The van der Waals surface area contributed by atoms with E-state index in [0.717, 1.165) is 10.4 Å². The summed E-state index contributed by atoms with van der Waals surface area (Å²) in [6, 6.07) is 9.58. The van der Waals surface area contributed by atoms with E-state index >= 15 is 0 Å². The highest BCUT2D eigenvalue weighted by Gasteiger charge is 2.69. The average Bonchev–Trinajstić information content (AvgIpc) is 3.03. The Labute approximate surface area is 176 Å². The molecule has 1 aromatic heterocycles. The van der Waals surface area contributed by atoms with Crippen molar-refractivity contribution >= 4 is 36.6 Å². The Morgan fingerprint density at radius 2 is 1.93 bits per heavy atom. The van der Waals surface area contributed by atoms with Crippen LogP contribution in [0.1, 0.15) is 31.2 Å². The van der Waals surface area contributed by atoms with E-state index in [1.807, 2.05) is 30.3 Å². The molecule has 8 heteroatoms. The second-order valence-electron chi connectivity index (χ2n) is 9.30. The van der Waals surface area contributed by atoms with Crippen molar-refractivity contribution in [1.82, 2.24) is 9.55 Å². The number of carbonyl (C=O) groups is 2. The highest BCUT2D eigenvalue weighted by molar-refractivity contribution is 7.15. The van der Waals surface area contributed by atoms with Crippen molar-refractivity contribution in [2.45, 2.75) is 57.3 Å². The molecule has 29 heavy (non-hydrogen) atoms. The first-order valence-electron chi connectivity index (χ1n) is 9.73. The topological polar surface area (TPSA) is 96.5 Å². The lowest BCUT2D eigenvalue weighted by atomic mass is 9.70. The molecule has 0 unspecified atom stereocenters. The predicted molar refractivity (Wildman–Crippen MR) is 118 cm³/mol. The predicted octanol–water partition coefficient (Wildman–Crippen LogP) is 3.80. The number of amides is 1. The van der Waals surface area contributed by atoms with Crippen molar-refractivity contribution in [3.05, 3.63) is 47.0 Å². The molecular weight excluding hydrogens is 402 g/mol. The summed E-state index contributed by atoms with van der Waals surface area (Å²) in [4.78, 5) is 31.2. The molecule has 2 aromatic rings. The first kappa shape index (κ1) is 21.5. The van der Waals surface area contributed by atoms with E-state index in [-0.39, 0.29) is 10.9 Å². The minimum absolute atomic E-state index is 0.0677. The zero-order chi connectivity index (χ0) is 21.6. The molecule has 1 saturated heterocycles. The van der Waals surface area contributed by atoms with Crippen LogP contribution in [0.5, 0.6) is 0 Å². The molecule has 6 nitrogen and oxygen atoms in total. The SMILES string of the molecule is CC(C)(C)[Si](C)(C)N1C(=O)[C@H](Cc2cnc(N)s2)[C@@]1(Cc1ccccc1)C(=O)O. The second kappa shape index (κ2) is 7.25. The summed E-state index contributed by atoms with van der Waals surface area (Å²) >= 11 is 1.31. The molecule has 0 saturated carbocycles. The van der Waals surface area contributed by atoms with Crippen LogP contribution in [0.25, 0.3) is 0 Å². The van der Waals surface area contributed by atoms with E-state index in [0.29, 0.717) is 18.0 Å². The van der Waals surface area contributed by atoms with Crippen molar-refractivity contribution in [2.24, 2.45) is 5.92 Å². The summed E-state index contributed by atoms with van der Waals surface area (Å²) in [7, 11) is -2.42. The number of thiazole rings is 1. The Balaban J connectivity index is 2.10. The number of hydrogen-bond acceptors (Lipinski definition) is 5. The van der Waals surface area contributed by atoms with Crippen LogP contribution in [-0.2, 0) is 22.4 Å². The Kier molecular flexibility index (Phi) is 5.38. The third-order valence-electron chi connectivity index (χ3n) is 6.55. The molecule has 2 atom stereocenters. The Morgan fingerprint density at radius 1 is 1.31 bits per heavy atom. The number of nitrogen functional groups attached to an aromatic ring is 1. The number of aliphatic carboxylic acids is 1. The molecule has 0 spiro atoms. The number of aromatic nitrogens is 1. The van der Waals surface area contributed by atoms with Crippen LogP contribution < -0.4 is 5.73 Å². The number of anilines is 1. The molecule has 2 heterocycles. The summed E-state index contributed by atoms with van der Waals surface area (Å²) in [6.45, 7) is 10.5. The van der Waals surface area contributed by atoms with Crippen molar-refractivity contribution in [3.63, 3.8) is 0 Å². The van der Waals surface area contributed by atoms with Gasteiger partial charge in [-0.3, -0.25) is 4.79 Å². The van der Waals surface area contributed by atoms with Crippen LogP contribution in [-0.4, -0.2) is 40.3 Å². The quantitative estimate of drug-likeness (QED) is 0.536. The lowest BCUT2D eigenvalue weighted by molar-refractivity contribution is -0.178. The molecule has 1 aliphatic rings. The number of nitrogens with two attached hydrogens (primary N) is 1. The van der Waals surface area contributed by atoms with Gasteiger partial charge in [-0.05, 0) is 17.0 Å². The minimum Gasteiger partial charge on any atom is -0.479 e. The molecule has 3 N–H and O–H groups in total. The molecule has 0 aliphatic carbocycles. The smallest absolute Gasteiger partial charge is 0.330 e. The normalized spacial score (nSPS) is 22.4. The van der Waals surface area contributed by atoms with Gasteiger partial charge in [0.05, 0.1) is 5.92 Å². The number of rotatable bonds is 6. The number of carboxylic acid groups (broad SMARTS) is 1. The Bertz CT molecular complexity index is 923. The van der Waals surface area contributed by atoms with Gasteiger partial charge in [-0.1, -0.05) is 64.2 Å². The van der Waals surface area contributed by atoms with E-state index in [4.69, 9.17) is 5.73 Å². The van der Waals surface area contributed by atoms with Gasteiger partial charge < -0.3 is 15.4 Å². The van der Waals surface area contributed by atoms with Gasteiger partial charge in [-0.2, -0.15) is 0 Å². The molecule has 156 valence electrons. The molecule has 0 radical (unpaired) electrons. The summed E-state index contributed by atoms with van der Waals surface area (Å²) in [6.07, 6.45) is 2.29.